The molecule has 56 heavy (non-hydrogen) atoms. The minimum absolute atomic E-state index is 0.327. The van der Waals surface area contributed by atoms with Crippen LogP contribution in [0.2, 0.25) is 0 Å². The Hall–Kier alpha value is -7.92. The van der Waals surface area contributed by atoms with Crippen molar-refractivity contribution in [2.75, 3.05) is 0 Å². The second-order valence-corrected chi connectivity index (χ2v) is 14.3. The molecule has 11 aromatic rings. The Morgan fingerprint density at radius 3 is 1.38 bits per heavy atom. The van der Waals surface area contributed by atoms with Crippen molar-refractivity contribution in [2.24, 2.45) is 0 Å². The summed E-state index contributed by atoms with van der Waals surface area (Å²) in [5.74, 6) is 0. The van der Waals surface area contributed by atoms with Crippen LogP contribution in [0.5, 0.6) is 0 Å². The van der Waals surface area contributed by atoms with Gasteiger partial charge < -0.3 is 9.13 Å². The summed E-state index contributed by atoms with van der Waals surface area (Å²) >= 11 is 0. The van der Waals surface area contributed by atoms with Crippen molar-refractivity contribution in [3.63, 3.8) is 0 Å². The molecule has 11 rings (SSSR count). The summed E-state index contributed by atoms with van der Waals surface area (Å²) in [4.78, 5) is 0. The van der Waals surface area contributed by atoms with E-state index in [9.17, 15) is 10.5 Å². The van der Waals surface area contributed by atoms with E-state index in [0.29, 0.717) is 16.8 Å². The zero-order valence-corrected chi connectivity index (χ0v) is 30.1. The summed E-state index contributed by atoms with van der Waals surface area (Å²) in [7, 11) is 0. The third-order valence-corrected chi connectivity index (χ3v) is 11.4. The first-order valence-electron chi connectivity index (χ1n) is 18.7. The van der Waals surface area contributed by atoms with E-state index in [1.807, 2.05) is 18.2 Å². The highest BCUT2D eigenvalue weighted by Crippen LogP contribution is 2.43. The summed E-state index contributed by atoms with van der Waals surface area (Å²) in [6, 6.07) is 68.6. The smallest absolute Gasteiger partial charge is 0.103 e. The van der Waals surface area contributed by atoms with Crippen molar-refractivity contribution >= 4 is 65.2 Å². The second-order valence-electron chi connectivity index (χ2n) is 14.3. The molecule has 0 unspecified atom stereocenters. The van der Waals surface area contributed by atoms with Gasteiger partial charge >= 0.3 is 0 Å². The number of fused-ring (bicyclic) bond motifs is 10. The Morgan fingerprint density at radius 1 is 0.357 bits per heavy atom. The molecule has 0 fully saturated rings. The van der Waals surface area contributed by atoms with Crippen LogP contribution >= 0.6 is 0 Å². The number of nitrogens with zero attached hydrogens (tertiary/aromatic N) is 4. The molecule has 258 valence electrons. The van der Waals surface area contributed by atoms with Crippen LogP contribution in [0, 0.1) is 22.7 Å². The van der Waals surface area contributed by atoms with E-state index in [0.717, 1.165) is 93.1 Å². The maximum Gasteiger partial charge on any atom is 0.103 e. The molecule has 0 saturated carbocycles. The SMILES string of the molecule is N#Cc1cc(-n2c3ccc(-c4ccccc4)cc3c3c4ccccc4ccc32)cc(-n2c3ccc(-c4ccccc4)cc3c3c4ccccc4ccc32)c1C#N. The molecule has 0 spiro atoms. The zero-order chi connectivity index (χ0) is 37.3. The lowest BCUT2D eigenvalue weighted by molar-refractivity contribution is 1.12. The van der Waals surface area contributed by atoms with Crippen molar-refractivity contribution in [3.8, 4) is 45.8 Å². The molecule has 0 aliphatic carbocycles. The molecule has 2 heterocycles. The molecule has 9 aromatic carbocycles. The number of benzene rings is 9. The average Bonchev–Trinajstić information content (AvgIpc) is 3.79. The summed E-state index contributed by atoms with van der Waals surface area (Å²) < 4.78 is 4.44. The Bertz CT molecular complexity index is 3480. The molecular formula is C52H30N4. The maximum atomic E-state index is 10.8. The van der Waals surface area contributed by atoms with Crippen molar-refractivity contribution < 1.29 is 0 Å². The summed E-state index contributed by atoms with van der Waals surface area (Å²) in [5, 5.41) is 30.6. The highest BCUT2D eigenvalue weighted by Gasteiger charge is 2.23. The molecule has 4 heteroatoms. The van der Waals surface area contributed by atoms with E-state index < -0.39 is 0 Å². The van der Waals surface area contributed by atoms with Gasteiger partial charge in [0.1, 0.15) is 12.1 Å². The van der Waals surface area contributed by atoms with E-state index in [4.69, 9.17) is 0 Å². The van der Waals surface area contributed by atoms with E-state index in [1.165, 1.54) is 0 Å². The van der Waals surface area contributed by atoms with Gasteiger partial charge in [0, 0.05) is 27.2 Å². The minimum Gasteiger partial charge on any atom is -0.309 e. The van der Waals surface area contributed by atoms with E-state index >= 15 is 0 Å². The number of rotatable bonds is 4. The summed E-state index contributed by atoms with van der Waals surface area (Å²) in [5.41, 5.74) is 10.7. The molecule has 0 amide bonds. The van der Waals surface area contributed by atoms with Gasteiger partial charge in [-0.25, -0.2) is 0 Å². The molecule has 0 N–H and O–H groups in total. The fourth-order valence-corrected chi connectivity index (χ4v) is 8.86. The Balaban J connectivity index is 1.25. The van der Waals surface area contributed by atoms with E-state index in [-0.39, 0.29) is 0 Å². The third-order valence-electron chi connectivity index (χ3n) is 11.4. The van der Waals surface area contributed by atoms with Gasteiger partial charge in [0.15, 0.2) is 0 Å². The van der Waals surface area contributed by atoms with Crippen LogP contribution in [-0.2, 0) is 0 Å². The van der Waals surface area contributed by atoms with E-state index in [1.54, 1.807) is 0 Å². The molecule has 4 nitrogen and oxygen atoms in total. The fraction of sp³-hybridized carbons (Fsp3) is 0. The van der Waals surface area contributed by atoms with Crippen LogP contribution in [0.15, 0.2) is 182 Å². The molecule has 0 radical (unpaired) electrons. The number of hydrogen-bond acceptors (Lipinski definition) is 2. The van der Waals surface area contributed by atoms with Crippen LogP contribution in [0.1, 0.15) is 11.1 Å². The van der Waals surface area contributed by atoms with Crippen LogP contribution < -0.4 is 0 Å². The third kappa shape index (κ3) is 4.64. The van der Waals surface area contributed by atoms with Crippen LogP contribution in [0.3, 0.4) is 0 Å². The van der Waals surface area contributed by atoms with Crippen molar-refractivity contribution in [3.05, 3.63) is 193 Å². The van der Waals surface area contributed by atoms with Gasteiger partial charge in [0.2, 0.25) is 0 Å². The predicted molar refractivity (Wildman–Crippen MR) is 230 cm³/mol. The van der Waals surface area contributed by atoms with Gasteiger partial charge in [-0.3, -0.25) is 0 Å². The van der Waals surface area contributed by atoms with Gasteiger partial charge in [-0.05, 0) is 92.3 Å². The molecule has 0 aliphatic heterocycles. The molecule has 0 saturated heterocycles. The highest BCUT2D eigenvalue weighted by molar-refractivity contribution is 6.23. The van der Waals surface area contributed by atoms with Gasteiger partial charge in [-0.2, -0.15) is 10.5 Å². The van der Waals surface area contributed by atoms with Gasteiger partial charge in [0.25, 0.3) is 0 Å². The molecular weight excluding hydrogens is 681 g/mol. The maximum absolute atomic E-state index is 10.8. The van der Waals surface area contributed by atoms with Crippen molar-refractivity contribution in [1.82, 2.24) is 9.13 Å². The lowest BCUT2D eigenvalue weighted by Crippen LogP contribution is -2.04. The van der Waals surface area contributed by atoms with Crippen molar-refractivity contribution in [2.45, 2.75) is 0 Å². The van der Waals surface area contributed by atoms with Crippen LogP contribution in [0.4, 0.5) is 0 Å². The lowest BCUT2D eigenvalue weighted by atomic mass is 10.0. The normalized spacial score (nSPS) is 11.5. The highest BCUT2D eigenvalue weighted by atomic mass is 15.0. The number of hydrogen-bond donors (Lipinski definition) is 0. The Morgan fingerprint density at radius 2 is 0.839 bits per heavy atom. The quantitative estimate of drug-likeness (QED) is 0.183. The van der Waals surface area contributed by atoms with Crippen LogP contribution in [0.25, 0.3) is 98.8 Å². The Labute approximate surface area is 322 Å². The minimum atomic E-state index is 0.327. The standard InChI is InChI=1S/C52H30N4/c53-31-39-27-40(55-46-23-21-37(33-11-3-1-4-12-33)28-43(46)51-41-17-9-7-15-35(41)19-25-48(51)55)30-50(45(39)32-54)56-47-24-22-38(34-13-5-2-6-14-34)29-44(47)52-42-18-10-8-16-36(42)20-26-49(52)56/h1-30H. The predicted octanol–water partition coefficient (Wildman–Crippen LogP) is 13.3. The largest absolute Gasteiger partial charge is 0.309 e. The zero-order valence-electron chi connectivity index (χ0n) is 30.1. The molecule has 0 atom stereocenters. The Kier molecular flexibility index (Phi) is 6.95. The first kappa shape index (κ1) is 31.6. The van der Waals surface area contributed by atoms with E-state index in [2.05, 4.69) is 185 Å². The summed E-state index contributed by atoms with van der Waals surface area (Å²) in [6.45, 7) is 0. The average molecular weight is 711 g/mol. The topological polar surface area (TPSA) is 57.4 Å². The number of nitriles is 2. The first-order valence-corrected chi connectivity index (χ1v) is 18.7. The number of aromatic nitrogens is 2. The second kappa shape index (κ2) is 12.3. The van der Waals surface area contributed by atoms with Gasteiger partial charge in [-0.1, -0.05) is 133 Å². The molecule has 0 aliphatic rings. The molecule has 0 bridgehead atoms. The van der Waals surface area contributed by atoms with Crippen molar-refractivity contribution in [1.29, 1.82) is 10.5 Å². The lowest BCUT2D eigenvalue weighted by Gasteiger charge is -2.16. The monoisotopic (exact) mass is 710 g/mol. The fourth-order valence-electron chi connectivity index (χ4n) is 8.86. The summed E-state index contributed by atoms with van der Waals surface area (Å²) in [6.07, 6.45) is 0. The van der Waals surface area contributed by atoms with Gasteiger partial charge in [0.05, 0.1) is 38.9 Å². The van der Waals surface area contributed by atoms with Crippen LogP contribution in [-0.4, -0.2) is 9.13 Å². The molecule has 2 aromatic heterocycles. The van der Waals surface area contributed by atoms with Gasteiger partial charge in [-0.15, -0.1) is 0 Å². The first-order chi connectivity index (χ1) is 27.7.